The highest BCUT2D eigenvalue weighted by Gasteiger charge is 2.14. The molecule has 0 aliphatic carbocycles. The molecule has 33 heavy (non-hydrogen) atoms. The summed E-state index contributed by atoms with van der Waals surface area (Å²) in [5, 5.41) is 0. The SMILES string of the molecule is COCCn1c(=NC(=O)c2ccc(NS(=O)(=O)c3ccccc3)cc2)sc2cc(C)ccc21. The average Bonchev–Trinajstić information content (AvgIpc) is 3.14. The van der Waals surface area contributed by atoms with Crippen molar-refractivity contribution in [2.75, 3.05) is 18.4 Å². The van der Waals surface area contributed by atoms with Crippen molar-refractivity contribution >= 4 is 43.2 Å². The molecule has 9 heteroatoms. The molecule has 1 heterocycles. The Morgan fingerprint density at radius 2 is 1.79 bits per heavy atom. The lowest BCUT2D eigenvalue weighted by Gasteiger charge is -2.08. The molecule has 0 spiro atoms. The third kappa shape index (κ3) is 5.22. The van der Waals surface area contributed by atoms with Crippen molar-refractivity contribution in [3.05, 3.63) is 88.7 Å². The van der Waals surface area contributed by atoms with E-state index in [9.17, 15) is 13.2 Å². The number of aromatic nitrogens is 1. The number of amides is 1. The third-order valence-electron chi connectivity index (χ3n) is 4.99. The van der Waals surface area contributed by atoms with E-state index in [0.717, 1.165) is 15.8 Å². The fourth-order valence-corrected chi connectivity index (χ4v) is 5.54. The summed E-state index contributed by atoms with van der Waals surface area (Å²) in [6.07, 6.45) is 0. The second kappa shape index (κ2) is 9.70. The minimum absolute atomic E-state index is 0.167. The maximum absolute atomic E-state index is 12.9. The molecular weight excluding hydrogens is 458 g/mol. The van der Waals surface area contributed by atoms with Crippen molar-refractivity contribution in [1.82, 2.24) is 4.57 Å². The van der Waals surface area contributed by atoms with E-state index in [-0.39, 0.29) is 4.90 Å². The van der Waals surface area contributed by atoms with Gasteiger partial charge in [-0.15, -0.1) is 0 Å². The molecular formula is C24H23N3O4S2. The summed E-state index contributed by atoms with van der Waals surface area (Å²) >= 11 is 1.45. The number of carbonyl (C=O) groups excluding carboxylic acids is 1. The van der Waals surface area contributed by atoms with Gasteiger partial charge in [0.05, 0.1) is 21.7 Å². The predicted molar refractivity (Wildman–Crippen MR) is 130 cm³/mol. The lowest BCUT2D eigenvalue weighted by Crippen LogP contribution is -2.19. The van der Waals surface area contributed by atoms with Gasteiger partial charge in [0.2, 0.25) is 0 Å². The van der Waals surface area contributed by atoms with Gasteiger partial charge in [-0.05, 0) is 61.0 Å². The van der Waals surface area contributed by atoms with E-state index in [2.05, 4.69) is 15.8 Å². The number of sulfonamides is 1. The number of aryl methyl sites for hydroxylation is 1. The first-order chi connectivity index (χ1) is 15.9. The second-order valence-corrected chi connectivity index (χ2v) is 10.1. The number of thiazole rings is 1. The van der Waals surface area contributed by atoms with Gasteiger partial charge in [-0.25, -0.2) is 8.42 Å². The summed E-state index contributed by atoms with van der Waals surface area (Å²) in [4.78, 5) is 18.0. The standard InChI is InChI=1S/C24H23N3O4S2/c1-17-8-13-21-22(16-17)32-24(27(21)14-15-31-2)25-23(28)18-9-11-19(12-10-18)26-33(29,30)20-6-4-3-5-7-20/h3-13,16,26H,14-15H2,1-2H3. The van der Waals surface area contributed by atoms with Crippen LogP contribution in [0.4, 0.5) is 5.69 Å². The minimum Gasteiger partial charge on any atom is -0.383 e. The Labute approximate surface area is 196 Å². The minimum atomic E-state index is -3.70. The maximum atomic E-state index is 12.9. The number of fused-ring (bicyclic) bond motifs is 1. The highest BCUT2D eigenvalue weighted by Crippen LogP contribution is 2.20. The van der Waals surface area contributed by atoms with Crippen LogP contribution >= 0.6 is 11.3 Å². The van der Waals surface area contributed by atoms with Crippen molar-refractivity contribution < 1.29 is 17.9 Å². The molecule has 0 radical (unpaired) electrons. The molecule has 0 saturated carbocycles. The summed E-state index contributed by atoms with van der Waals surface area (Å²) in [7, 11) is -2.07. The molecule has 0 fully saturated rings. The summed E-state index contributed by atoms with van der Waals surface area (Å²) in [6.45, 7) is 3.09. The Bertz CT molecular complexity index is 1460. The van der Waals surface area contributed by atoms with Crippen molar-refractivity contribution in [2.45, 2.75) is 18.4 Å². The molecule has 3 aromatic carbocycles. The molecule has 4 rings (SSSR count). The van der Waals surface area contributed by atoms with Gasteiger partial charge in [-0.3, -0.25) is 9.52 Å². The van der Waals surface area contributed by atoms with Crippen LogP contribution in [-0.4, -0.2) is 32.6 Å². The zero-order valence-corrected chi connectivity index (χ0v) is 19.8. The molecule has 1 aromatic heterocycles. The Hall–Kier alpha value is -3.27. The number of anilines is 1. The second-order valence-electron chi connectivity index (χ2n) is 7.41. The lowest BCUT2D eigenvalue weighted by atomic mass is 10.2. The third-order valence-corrected chi connectivity index (χ3v) is 7.43. The Balaban J connectivity index is 1.61. The number of benzene rings is 3. The fourth-order valence-electron chi connectivity index (χ4n) is 3.31. The number of rotatable bonds is 7. The smallest absolute Gasteiger partial charge is 0.279 e. The zero-order valence-electron chi connectivity index (χ0n) is 18.2. The van der Waals surface area contributed by atoms with Gasteiger partial charge in [0.25, 0.3) is 15.9 Å². The van der Waals surface area contributed by atoms with Gasteiger partial charge in [0.1, 0.15) is 0 Å². The number of nitrogens with one attached hydrogen (secondary N) is 1. The lowest BCUT2D eigenvalue weighted by molar-refractivity contribution is 0.0997. The van der Waals surface area contributed by atoms with E-state index >= 15 is 0 Å². The number of ether oxygens (including phenoxy) is 1. The highest BCUT2D eigenvalue weighted by molar-refractivity contribution is 7.92. The first kappa shape index (κ1) is 22.9. The van der Waals surface area contributed by atoms with Crippen LogP contribution in [0.25, 0.3) is 10.2 Å². The predicted octanol–water partition coefficient (Wildman–Crippen LogP) is 4.20. The van der Waals surface area contributed by atoms with E-state index in [1.165, 1.54) is 23.5 Å². The van der Waals surface area contributed by atoms with Crippen LogP contribution in [0.3, 0.4) is 0 Å². The number of hydrogen-bond acceptors (Lipinski definition) is 5. The molecule has 170 valence electrons. The Morgan fingerprint density at radius 3 is 2.48 bits per heavy atom. The van der Waals surface area contributed by atoms with Gasteiger partial charge >= 0.3 is 0 Å². The first-order valence-corrected chi connectivity index (χ1v) is 12.5. The summed E-state index contributed by atoms with van der Waals surface area (Å²) in [5.74, 6) is -0.401. The largest absolute Gasteiger partial charge is 0.383 e. The van der Waals surface area contributed by atoms with Crippen LogP contribution < -0.4 is 9.52 Å². The topological polar surface area (TPSA) is 89.8 Å². The number of methoxy groups -OCH3 is 1. The molecule has 4 aromatic rings. The van der Waals surface area contributed by atoms with Gasteiger partial charge in [0, 0.05) is 24.9 Å². The molecule has 0 atom stereocenters. The van der Waals surface area contributed by atoms with Gasteiger partial charge < -0.3 is 9.30 Å². The van der Waals surface area contributed by atoms with Crippen LogP contribution in [0.1, 0.15) is 15.9 Å². The van der Waals surface area contributed by atoms with E-state index < -0.39 is 15.9 Å². The average molecular weight is 482 g/mol. The van der Waals surface area contributed by atoms with Crippen LogP contribution in [0.15, 0.2) is 82.7 Å². The van der Waals surface area contributed by atoms with E-state index in [4.69, 9.17) is 4.74 Å². The van der Waals surface area contributed by atoms with E-state index in [0.29, 0.717) is 29.2 Å². The van der Waals surface area contributed by atoms with Crippen LogP contribution in [-0.2, 0) is 21.3 Å². The van der Waals surface area contributed by atoms with Crippen molar-refractivity contribution in [3.8, 4) is 0 Å². The van der Waals surface area contributed by atoms with E-state index in [1.54, 1.807) is 49.6 Å². The van der Waals surface area contributed by atoms with Crippen LogP contribution in [0.5, 0.6) is 0 Å². The van der Waals surface area contributed by atoms with Crippen LogP contribution in [0, 0.1) is 6.92 Å². The molecule has 0 bridgehead atoms. The van der Waals surface area contributed by atoms with Gasteiger partial charge in [-0.2, -0.15) is 4.99 Å². The van der Waals surface area contributed by atoms with Crippen molar-refractivity contribution in [3.63, 3.8) is 0 Å². The first-order valence-electron chi connectivity index (χ1n) is 10.2. The molecule has 0 aliphatic heterocycles. The number of carbonyl (C=O) groups is 1. The Kier molecular flexibility index (Phi) is 6.73. The monoisotopic (exact) mass is 481 g/mol. The molecule has 1 N–H and O–H groups in total. The normalized spacial score (nSPS) is 12.2. The van der Waals surface area contributed by atoms with Crippen molar-refractivity contribution in [2.24, 2.45) is 4.99 Å². The zero-order chi connectivity index (χ0) is 23.4. The molecule has 0 saturated heterocycles. The fraction of sp³-hybridized carbons (Fsp3) is 0.167. The summed E-state index contributed by atoms with van der Waals surface area (Å²) in [5.41, 5.74) is 2.86. The number of nitrogens with zero attached hydrogens (tertiary/aromatic N) is 2. The van der Waals surface area contributed by atoms with Crippen LogP contribution in [0.2, 0.25) is 0 Å². The van der Waals surface area contributed by atoms with Gasteiger partial charge in [-0.1, -0.05) is 35.6 Å². The quantitative estimate of drug-likeness (QED) is 0.428. The number of hydrogen-bond donors (Lipinski definition) is 1. The summed E-state index contributed by atoms with van der Waals surface area (Å²) in [6, 6.07) is 20.4. The molecule has 0 aliphatic rings. The molecule has 7 nitrogen and oxygen atoms in total. The van der Waals surface area contributed by atoms with Gasteiger partial charge in [0.15, 0.2) is 4.80 Å². The summed E-state index contributed by atoms with van der Waals surface area (Å²) < 4.78 is 35.7. The van der Waals surface area contributed by atoms with E-state index in [1.807, 2.05) is 23.6 Å². The van der Waals surface area contributed by atoms with Crippen molar-refractivity contribution in [1.29, 1.82) is 0 Å². The maximum Gasteiger partial charge on any atom is 0.279 e. The Morgan fingerprint density at radius 1 is 1.06 bits per heavy atom. The highest BCUT2D eigenvalue weighted by atomic mass is 32.2. The molecule has 1 amide bonds. The molecule has 0 unspecified atom stereocenters.